The van der Waals surface area contributed by atoms with Gasteiger partial charge in [0.15, 0.2) is 0 Å². The first-order valence-electron chi connectivity index (χ1n) is 24.9. The summed E-state index contributed by atoms with van der Waals surface area (Å²) < 4.78 is 11.3. The van der Waals surface area contributed by atoms with Gasteiger partial charge in [0.1, 0.15) is 30.3 Å². The molecule has 5 amide bonds. The zero-order chi connectivity index (χ0) is 50.5. The van der Waals surface area contributed by atoms with Gasteiger partial charge in [-0.15, -0.1) is 0 Å². The van der Waals surface area contributed by atoms with Crippen molar-refractivity contribution >= 4 is 29.9 Å². The normalized spacial score (nSPS) is 13.5. The number of carbonyl (C=O) groups is 5. The molecule has 7 aromatic rings. The lowest BCUT2D eigenvalue weighted by atomic mass is 9.77. The Kier molecular flexibility index (Phi) is 15.7. The summed E-state index contributed by atoms with van der Waals surface area (Å²) in [4.78, 5) is 70.4. The van der Waals surface area contributed by atoms with E-state index in [2.05, 4.69) is 38.7 Å². The highest BCUT2D eigenvalue weighted by molar-refractivity contribution is 5.95. The van der Waals surface area contributed by atoms with Crippen LogP contribution < -0.4 is 26.6 Å². The van der Waals surface area contributed by atoms with Crippen LogP contribution in [0.4, 0.5) is 9.59 Å². The molecule has 0 saturated heterocycles. The van der Waals surface area contributed by atoms with Gasteiger partial charge in [-0.1, -0.05) is 194 Å². The fourth-order valence-corrected chi connectivity index (χ4v) is 10.2. The summed E-state index contributed by atoms with van der Waals surface area (Å²) >= 11 is 0. The van der Waals surface area contributed by atoms with Gasteiger partial charge in [0.05, 0.1) is 0 Å². The number of carbonyl (C=O) groups excluding carboxylic acids is 5. The summed E-state index contributed by atoms with van der Waals surface area (Å²) in [6, 6.07) is 61.0. The van der Waals surface area contributed by atoms with E-state index in [0.717, 1.165) is 55.6 Å². The van der Waals surface area contributed by atoms with Gasteiger partial charge >= 0.3 is 12.2 Å². The van der Waals surface area contributed by atoms with Crippen LogP contribution in [0.5, 0.6) is 0 Å². The third-order valence-corrected chi connectivity index (χ3v) is 13.8. The van der Waals surface area contributed by atoms with Crippen LogP contribution in [-0.4, -0.2) is 61.2 Å². The Morgan fingerprint density at radius 2 is 1.03 bits per heavy atom. The largest absolute Gasteiger partial charge is 0.449 e. The average Bonchev–Trinajstić information content (AvgIpc) is 3.98. The molecule has 0 bridgehead atoms. The molecule has 0 radical (unpaired) electrons. The van der Waals surface area contributed by atoms with E-state index in [1.54, 1.807) is 0 Å². The van der Waals surface area contributed by atoms with Crippen molar-refractivity contribution in [2.75, 3.05) is 19.7 Å². The second-order valence-corrected chi connectivity index (χ2v) is 18.6. The van der Waals surface area contributed by atoms with E-state index in [1.807, 2.05) is 182 Å². The molecule has 9 rings (SSSR count). The first-order valence-corrected chi connectivity index (χ1v) is 24.9. The Labute approximate surface area is 425 Å². The summed E-state index contributed by atoms with van der Waals surface area (Å²) in [5.74, 6) is -1.62. The van der Waals surface area contributed by atoms with Crippen LogP contribution in [0.1, 0.15) is 76.1 Å². The van der Waals surface area contributed by atoms with Crippen molar-refractivity contribution in [3.05, 3.63) is 239 Å². The number of rotatable bonds is 20. The number of ether oxygens (including phenoxy) is 2. The molecule has 73 heavy (non-hydrogen) atoms. The van der Waals surface area contributed by atoms with Gasteiger partial charge in [-0.2, -0.15) is 0 Å². The number of fused-ring (bicyclic) bond motifs is 4. The minimum Gasteiger partial charge on any atom is -0.449 e. The fourth-order valence-electron chi connectivity index (χ4n) is 10.2. The van der Waals surface area contributed by atoms with Crippen molar-refractivity contribution in [2.24, 2.45) is 0 Å². The summed E-state index contributed by atoms with van der Waals surface area (Å²) in [5, 5.41) is 15.1. The summed E-state index contributed by atoms with van der Waals surface area (Å²) in [6.45, 7) is 0.790. The minimum absolute atomic E-state index is 0.00841. The number of benzene rings is 7. The van der Waals surface area contributed by atoms with E-state index in [9.17, 15) is 24.0 Å². The van der Waals surface area contributed by atoms with Crippen LogP contribution >= 0.6 is 0 Å². The number of alkyl carbamates (subject to hydrolysis) is 2. The molecule has 0 fully saturated rings. The van der Waals surface area contributed by atoms with E-state index in [0.29, 0.717) is 19.4 Å². The highest BCUT2D eigenvalue weighted by Gasteiger charge is 2.46. The van der Waals surface area contributed by atoms with Gasteiger partial charge in [-0.05, 0) is 74.9 Å². The van der Waals surface area contributed by atoms with E-state index >= 15 is 0 Å². The fraction of sp³-hybridized carbons (Fsp3) is 0.230. The quantitative estimate of drug-likeness (QED) is 0.0376. The zero-order valence-corrected chi connectivity index (χ0v) is 40.6. The van der Waals surface area contributed by atoms with Crippen LogP contribution in [0.2, 0.25) is 0 Å². The van der Waals surface area contributed by atoms with Crippen molar-refractivity contribution in [2.45, 2.75) is 68.2 Å². The predicted octanol–water partition coefficient (Wildman–Crippen LogP) is 9.26. The number of hydrogen-bond acceptors (Lipinski definition) is 7. The Hall–Kier alpha value is -8.51. The molecule has 0 heterocycles. The van der Waals surface area contributed by atoms with Gasteiger partial charge in [0.2, 0.25) is 17.7 Å². The van der Waals surface area contributed by atoms with E-state index in [1.165, 1.54) is 0 Å². The van der Waals surface area contributed by atoms with Gasteiger partial charge < -0.3 is 36.1 Å². The molecule has 2 aliphatic rings. The monoisotopic (exact) mass is 973 g/mol. The van der Waals surface area contributed by atoms with Crippen molar-refractivity contribution in [1.29, 1.82) is 0 Å². The van der Waals surface area contributed by atoms with Crippen molar-refractivity contribution < 1.29 is 33.4 Å². The Morgan fingerprint density at radius 1 is 0.548 bits per heavy atom. The molecule has 0 spiro atoms. The van der Waals surface area contributed by atoms with Gasteiger partial charge in [0, 0.05) is 38.3 Å². The Balaban J connectivity index is 0.921. The molecule has 7 aromatic carbocycles. The highest BCUT2D eigenvalue weighted by atomic mass is 16.6. The minimum atomic E-state index is -1.41. The molecule has 12 nitrogen and oxygen atoms in total. The lowest BCUT2D eigenvalue weighted by Crippen LogP contribution is -2.63. The van der Waals surface area contributed by atoms with Crippen LogP contribution in [0.15, 0.2) is 194 Å². The molecule has 370 valence electrons. The van der Waals surface area contributed by atoms with E-state index < -0.39 is 35.2 Å². The first-order chi connectivity index (χ1) is 35.7. The standard InChI is InChI=1S/C61H59N5O7/c67-55(65-61(46-25-7-2-8-26-46,47-27-9-3-10-28-47)48-29-11-4-12-30-48)36-35-54(64-59(71)73-42-53-51-33-17-15-31-49(51)50-32-16-18-34-52(50)53)56(68)66-60(39-44-23-13-14-24-45(44)40-60)57(69)62-37-19-20-38-63-58(70)72-41-43-21-5-1-6-22-43/h1-18,21-34,53-54H,19-20,35-42H2,(H,62,69)(H,63,70)(H,64,71)(H,65,67)(H,66,68)/t54-/m0/s1. The summed E-state index contributed by atoms with van der Waals surface area (Å²) in [6.07, 6.45) is -0.137. The molecule has 0 saturated carbocycles. The lowest BCUT2D eigenvalue weighted by molar-refractivity contribution is -0.134. The number of unbranched alkanes of at least 4 members (excludes halogenated alkanes) is 1. The van der Waals surface area contributed by atoms with Gasteiger partial charge in [-0.3, -0.25) is 14.4 Å². The molecule has 0 aromatic heterocycles. The topological polar surface area (TPSA) is 164 Å². The van der Waals surface area contributed by atoms with Crippen molar-refractivity contribution in [3.63, 3.8) is 0 Å². The third kappa shape index (κ3) is 11.5. The molecule has 2 aliphatic carbocycles. The highest BCUT2D eigenvalue weighted by Crippen LogP contribution is 2.44. The smallest absolute Gasteiger partial charge is 0.407 e. The van der Waals surface area contributed by atoms with Crippen LogP contribution in [0.25, 0.3) is 11.1 Å². The maximum absolute atomic E-state index is 14.9. The molecule has 12 heteroatoms. The van der Waals surface area contributed by atoms with Gasteiger partial charge in [-0.25, -0.2) is 9.59 Å². The molecule has 0 aliphatic heterocycles. The number of hydrogen-bond donors (Lipinski definition) is 5. The molecular formula is C61H59N5O7. The zero-order valence-electron chi connectivity index (χ0n) is 40.6. The first kappa shape index (κ1) is 49.5. The summed E-state index contributed by atoms with van der Waals surface area (Å²) in [5.41, 5.74) is 6.90. The SMILES string of the molecule is O=C(CC[C@H](NC(=O)OCC1c2ccccc2-c2ccccc21)C(=O)NC1(C(=O)NCCCCNC(=O)OCc2ccccc2)Cc2ccccc2C1)NC(c1ccccc1)(c1ccccc1)c1ccccc1. The Morgan fingerprint density at radius 3 is 1.58 bits per heavy atom. The number of amides is 5. The molecule has 5 N–H and O–H groups in total. The second-order valence-electron chi connectivity index (χ2n) is 18.6. The van der Waals surface area contributed by atoms with Crippen LogP contribution in [-0.2, 0) is 48.8 Å². The van der Waals surface area contributed by atoms with Crippen molar-refractivity contribution in [1.82, 2.24) is 26.6 Å². The number of nitrogens with one attached hydrogen (secondary N) is 5. The Bertz CT molecular complexity index is 2860. The maximum atomic E-state index is 14.9. The van der Waals surface area contributed by atoms with Crippen LogP contribution in [0.3, 0.4) is 0 Å². The average molecular weight is 974 g/mol. The van der Waals surface area contributed by atoms with E-state index in [-0.39, 0.29) is 63.2 Å². The van der Waals surface area contributed by atoms with Crippen LogP contribution in [0, 0.1) is 0 Å². The predicted molar refractivity (Wildman–Crippen MR) is 280 cm³/mol. The second kappa shape index (κ2) is 23.1. The molecular weight excluding hydrogens is 915 g/mol. The maximum Gasteiger partial charge on any atom is 0.407 e. The van der Waals surface area contributed by atoms with E-state index in [4.69, 9.17) is 9.47 Å². The lowest BCUT2D eigenvalue weighted by Gasteiger charge is -2.37. The summed E-state index contributed by atoms with van der Waals surface area (Å²) in [7, 11) is 0. The van der Waals surface area contributed by atoms with Gasteiger partial charge in [0.25, 0.3) is 0 Å². The van der Waals surface area contributed by atoms with Crippen molar-refractivity contribution in [3.8, 4) is 11.1 Å². The molecule has 0 unspecified atom stereocenters. The molecule has 1 atom stereocenters. The third-order valence-electron chi connectivity index (χ3n) is 13.8.